The van der Waals surface area contributed by atoms with Crippen molar-refractivity contribution < 1.29 is 0 Å². The Kier molecular flexibility index (Phi) is 6.65. The molecule has 1 aliphatic rings. The van der Waals surface area contributed by atoms with E-state index in [1.807, 2.05) is 0 Å². The van der Waals surface area contributed by atoms with Crippen molar-refractivity contribution in [3.8, 4) is 0 Å². The Labute approximate surface area is 167 Å². The summed E-state index contributed by atoms with van der Waals surface area (Å²) in [6.45, 7) is 9.51. The Balaban J connectivity index is 1.98. The first-order valence-electron chi connectivity index (χ1n) is 10.5. The van der Waals surface area contributed by atoms with Gasteiger partial charge in [0.25, 0.3) is 0 Å². The van der Waals surface area contributed by atoms with Crippen molar-refractivity contribution in [3.63, 3.8) is 0 Å². The van der Waals surface area contributed by atoms with Crippen molar-refractivity contribution in [1.29, 1.82) is 0 Å². The summed E-state index contributed by atoms with van der Waals surface area (Å²) in [6.07, 6.45) is 10.4. The van der Waals surface area contributed by atoms with Crippen LogP contribution in [-0.2, 0) is 18.3 Å². The van der Waals surface area contributed by atoms with Gasteiger partial charge in [0.15, 0.2) is 0 Å². The first kappa shape index (κ1) is 19.7. The molecule has 0 nitrogen and oxygen atoms in total. The van der Waals surface area contributed by atoms with Crippen LogP contribution in [0.3, 0.4) is 0 Å². The molecule has 140 valence electrons. The number of aryl methyl sites for hydroxylation is 2. The minimum absolute atomic E-state index is 0.133. The standard InChI is InChI=1S/C25H34Se/c1-5-7-9-13-19-15-12-18-22-23(19)25(3,4)21-17-11-16-20(24(21)26-22)14-10-8-6-2/h11-12,15-18H,5-10,13-14H2,1-4H3. The predicted molar refractivity (Wildman–Crippen MR) is 116 cm³/mol. The van der Waals surface area contributed by atoms with E-state index in [1.165, 1.54) is 51.4 Å². The van der Waals surface area contributed by atoms with E-state index < -0.39 is 0 Å². The van der Waals surface area contributed by atoms with Crippen LogP contribution in [0.4, 0.5) is 0 Å². The minimum atomic E-state index is 0.133. The summed E-state index contributed by atoms with van der Waals surface area (Å²) in [7, 11) is 0. The third kappa shape index (κ3) is 3.95. The number of benzene rings is 2. The Morgan fingerprint density at radius 3 is 2.08 bits per heavy atom. The van der Waals surface area contributed by atoms with E-state index in [0.717, 1.165) is 0 Å². The van der Waals surface area contributed by atoms with Gasteiger partial charge in [-0.1, -0.05) is 0 Å². The van der Waals surface area contributed by atoms with Crippen LogP contribution in [0.2, 0.25) is 0 Å². The van der Waals surface area contributed by atoms with Gasteiger partial charge in [0.2, 0.25) is 0 Å². The van der Waals surface area contributed by atoms with E-state index in [9.17, 15) is 0 Å². The number of fused-ring (bicyclic) bond motifs is 2. The summed E-state index contributed by atoms with van der Waals surface area (Å²) in [5.41, 5.74) is 6.60. The monoisotopic (exact) mass is 414 g/mol. The summed E-state index contributed by atoms with van der Waals surface area (Å²) >= 11 is 0.448. The first-order chi connectivity index (χ1) is 12.6. The molecular weight excluding hydrogens is 379 g/mol. The molecule has 1 heterocycles. The molecule has 0 aliphatic carbocycles. The maximum atomic E-state index is 2.46. The SMILES string of the molecule is CCCCCc1cccc2c1[Se]c1cccc(CCCCC)c1C2(C)C. The molecule has 0 saturated carbocycles. The molecule has 0 N–H and O–H groups in total. The van der Waals surface area contributed by atoms with Gasteiger partial charge in [-0.2, -0.15) is 0 Å². The number of hydrogen-bond acceptors (Lipinski definition) is 0. The average Bonchev–Trinajstić information content (AvgIpc) is 2.62. The third-order valence-corrected chi connectivity index (χ3v) is 8.43. The second kappa shape index (κ2) is 8.77. The fraction of sp³-hybridized carbons (Fsp3) is 0.520. The van der Waals surface area contributed by atoms with Crippen molar-refractivity contribution >= 4 is 23.9 Å². The van der Waals surface area contributed by atoms with Crippen LogP contribution in [0.5, 0.6) is 0 Å². The van der Waals surface area contributed by atoms with E-state index in [2.05, 4.69) is 64.1 Å². The van der Waals surface area contributed by atoms with Crippen LogP contribution < -0.4 is 8.92 Å². The molecule has 0 amide bonds. The fourth-order valence-corrected chi connectivity index (χ4v) is 7.68. The predicted octanol–water partition coefficient (Wildman–Crippen LogP) is 5.45. The average molecular weight is 414 g/mol. The van der Waals surface area contributed by atoms with Gasteiger partial charge in [-0.25, -0.2) is 0 Å². The molecular formula is C25H34Se. The Morgan fingerprint density at radius 2 is 1.38 bits per heavy atom. The van der Waals surface area contributed by atoms with Crippen LogP contribution in [0.25, 0.3) is 0 Å². The Bertz CT molecular complexity index is 742. The van der Waals surface area contributed by atoms with E-state index in [4.69, 9.17) is 0 Å². The summed E-state index contributed by atoms with van der Waals surface area (Å²) in [6, 6.07) is 14.2. The quantitative estimate of drug-likeness (QED) is 0.399. The molecule has 3 rings (SSSR count). The van der Waals surface area contributed by atoms with Crippen molar-refractivity contribution in [2.24, 2.45) is 0 Å². The zero-order valence-electron chi connectivity index (χ0n) is 17.0. The maximum absolute atomic E-state index is 2.46. The van der Waals surface area contributed by atoms with Crippen LogP contribution in [0, 0.1) is 0 Å². The third-order valence-electron chi connectivity index (χ3n) is 5.82. The molecule has 0 unspecified atom stereocenters. The van der Waals surface area contributed by atoms with Crippen LogP contribution in [-0.4, -0.2) is 15.0 Å². The fourth-order valence-electron chi connectivity index (χ4n) is 4.35. The second-order valence-electron chi connectivity index (χ2n) is 8.23. The molecule has 0 bridgehead atoms. The topological polar surface area (TPSA) is 0 Å². The van der Waals surface area contributed by atoms with Crippen molar-refractivity contribution in [1.82, 2.24) is 0 Å². The summed E-state index contributed by atoms with van der Waals surface area (Å²) in [4.78, 5) is 0. The molecule has 2 aromatic rings. The van der Waals surface area contributed by atoms with E-state index >= 15 is 0 Å². The number of hydrogen-bond donors (Lipinski definition) is 0. The zero-order chi connectivity index (χ0) is 18.6. The second-order valence-corrected chi connectivity index (χ2v) is 10.4. The Hall–Kier alpha value is -1.04. The van der Waals surface area contributed by atoms with Gasteiger partial charge >= 0.3 is 167 Å². The van der Waals surface area contributed by atoms with Gasteiger partial charge < -0.3 is 0 Å². The van der Waals surface area contributed by atoms with Gasteiger partial charge in [0, 0.05) is 0 Å². The van der Waals surface area contributed by atoms with E-state index in [1.54, 1.807) is 31.2 Å². The van der Waals surface area contributed by atoms with Crippen molar-refractivity contribution in [2.45, 2.75) is 84.5 Å². The molecule has 1 heteroatoms. The molecule has 0 saturated heterocycles. The van der Waals surface area contributed by atoms with Gasteiger partial charge in [0.05, 0.1) is 0 Å². The molecule has 0 aromatic heterocycles. The molecule has 26 heavy (non-hydrogen) atoms. The Morgan fingerprint density at radius 1 is 0.769 bits per heavy atom. The molecule has 1 aliphatic heterocycles. The van der Waals surface area contributed by atoms with E-state index in [-0.39, 0.29) is 5.41 Å². The summed E-state index contributed by atoms with van der Waals surface area (Å²) in [5.74, 6) is 0. The van der Waals surface area contributed by atoms with Crippen molar-refractivity contribution in [3.05, 3.63) is 58.7 Å². The van der Waals surface area contributed by atoms with Gasteiger partial charge in [-0.3, -0.25) is 0 Å². The summed E-state index contributed by atoms with van der Waals surface area (Å²) < 4.78 is 3.31. The first-order valence-corrected chi connectivity index (χ1v) is 12.2. The van der Waals surface area contributed by atoms with Crippen molar-refractivity contribution in [2.75, 3.05) is 0 Å². The number of unbranched alkanes of at least 4 members (excludes halogenated alkanes) is 4. The molecule has 0 atom stereocenters. The van der Waals surface area contributed by atoms with Crippen LogP contribution in [0.1, 0.15) is 88.5 Å². The summed E-state index contributed by atoms with van der Waals surface area (Å²) in [5, 5.41) is 0. The van der Waals surface area contributed by atoms with Gasteiger partial charge in [0.1, 0.15) is 0 Å². The van der Waals surface area contributed by atoms with Gasteiger partial charge in [-0.15, -0.1) is 0 Å². The van der Waals surface area contributed by atoms with Crippen LogP contribution in [0.15, 0.2) is 36.4 Å². The molecule has 0 fully saturated rings. The van der Waals surface area contributed by atoms with E-state index in [0.29, 0.717) is 15.0 Å². The molecule has 0 radical (unpaired) electrons. The molecule has 2 aromatic carbocycles. The van der Waals surface area contributed by atoms with Gasteiger partial charge in [-0.05, 0) is 0 Å². The van der Waals surface area contributed by atoms with Crippen LogP contribution >= 0.6 is 0 Å². The number of rotatable bonds is 8. The normalized spacial score (nSPS) is 14.8. The molecule has 0 spiro atoms. The zero-order valence-corrected chi connectivity index (χ0v) is 18.7.